The minimum atomic E-state index is -1.35. The van der Waals surface area contributed by atoms with Crippen LogP contribution in [-0.4, -0.2) is 22.8 Å². The van der Waals surface area contributed by atoms with E-state index in [0.29, 0.717) is 0 Å². The van der Waals surface area contributed by atoms with E-state index in [1.165, 1.54) is 6.92 Å². The lowest BCUT2D eigenvalue weighted by Crippen LogP contribution is -2.36. The molecule has 92 valence electrons. The van der Waals surface area contributed by atoms with E-state index in [4.69, 9.17) is 5.73 Å². The fraction of sp³-hybridized carbons (Fsp3) is 0.300. The molecule has 0 aromatic carbocycles. The third-order valence-corrected chi connectivity index (χ3v) is 1.98. The predicted molar refractivity (Wildman–Crippen MR) is 54.9 cm³/mol. The second-order valence-electron chi connectivity index (χ2n) is 3.51. The number of amides is 2. The van der Waals surface area contributed by atoms with E-state index in [2.05, 4.69) is 10.3 Å². The Hall–Kier alpha value is -2.05. The Morgan fingerprint density at radius 3 is 2.76 bits per heavy atom. The topological polar surface area (TPSA) is 85.1 Å². The monoisotopic (exact) mass is 243 g/mol. The SMILES string of the molecule is CC(CC(N)=O)NC(=O)c1ccnc(F)c1F. The van der Waals surface area contributed by atoms with Gasteiger partial charge >= 0.3 is 0 Å². The summed E-state index contributed by atoms with van der Waals surface area (Å²) in [5.74, 6) is -4.09. The minimum absolute atomic E-state index is 0.0824. The Labute approximate surface area is 96.0 Å². The maximum Gasteiger partial charge on any atom is 0.254 e. The van der Waals surface area contributed by atoms with E-state index in [0.717, 1.165) is 12.3 Å². The van der Waals surface area contributed by atoms with E-state index in [1.54, 1.807) is 0 Å². The maximum absolute atomic E-state index is 13.2. The second-order valence-corrected chi connectivity index (χ2v) is 3.51. The Balaban J connectivity index is 2.77. The third-order valence-electron chi connectivity index (χ3n) is 1.98. The number of nitrogens with zero attached hydrogens (tertiary/aromatic N) is 1. The molecular formula is C10H11F2N3O2. The first-order valence-electron chi connectivity index (χ1n) is 4.81. The number of pyridine rings is 1. The van der Waals surface area contributed by atoms with Crippen LogP contribution < -0.4 is 11.1 Å². The molecule has 1 rings (SSSR count). The second kappa shape index (κ2) is 5.33. The smallest absolute Gasteiger partial charge is 0.254 e. The zero-order chi connectivity index (χ0) is 13.0. The highest BCUT2D eigenvalue weighted by molar-refractivity contribution is 5.94. The van der Waals surface area contributed by atoms with Gasteiger partial charge in [-0.05, 0) is 13.0 Å². The van der Waals surface area contributed by atoms with Crippen LogP contribution in [0.25, 0.3) is 0 Å². The molecular weight excluding hydrogens is 232 g/mol. The molecule has 0 aliphatic heterocycles. The zero-order valence-corrected chi connectivity index (χ0v) is 9.04. The van der Waals surface area contributed by atoms with Crippen LogP contribution in [0.2, 0.25) is 0 Å². The summed E-state index contributed by atoms with van der Waals surface area (Å²) in [5, 5.41) is 2.32. The van der Waals surface area contributed by atoms with Gasteiger partial charge in [0.2, 0.25) is 11.9 Å². The summed E-state index contributed by atoms with van der Waals surface area (Å²) in [4.78, 5) is 25.1. The number of rotatable bonds is 4. The van der Waals surface area contributed by atoms with Crippen molar-refractivity contribution in [3.8, 4) is 0 Å². The van der Waals surface area contributed by atoms with Gasteiger partial charge in [-0.25, -0.2) is 9.37 Å². The molecule has 17 heavy (non-hydrogen) atoms. The molecule has 0 radical (unpaired) electrons. The first kappa shape index (κ1) is 13.0. The van der Waals surface area contributed by atoms with E-state index in [1.807, 2.05) is 0 Å². The van der Waals surface area contributed by atoms with Gasteiger partial charge in [0.15, 0.2) is 5.82 Å². The van der Waals surface area contributed by atoms with Crippen molar-refractivity contribution in [3.05, 3.63) is 29.6 Å². The van der Waals surface area contributed by atoms with Gasteiger partial charge in [0.05, 0.1) is 5.56 Å². The average molecular weight is 243 g/mol. The summed E-state index contributed by atoms with van der Waals surface area (Å²) >= 11 is 0. The van der Waals surface area contributed by atoms with Crippen LogP contribution in [-0.2, 0) is 4.79 Å². The lowest BCUT2D eigenvalue weighted by molar-refractivity contribution is -0.118. The molecule has 0 bridgehead atoms. The molecule has 0 saturated carbocycles. The summed E-state index contributed by atoms with van der Waals surface area (Å²) in [6, 6.07) is 0.487. The largest absolute Gasteiger partial charge is 0.370 e. The highest BCUT2D eigenvalue weighted by Crippen LogP contribution is 2.09. The van der Waals surface area contributed by atoms with Crippen LogP contribution in [0.4, 0.5) is 8.78 Å². The van der Waals surface area contributed by atoms with Gasteiger partial charge in [0.25, 0.3) is 5.91 Å². The molecule has 0 aliphatic carbocycles. The van der Waals surface area contributed by atoms with Crippen LogP contribution >= 0.6 is 0 Å². The fourth-order valence-corrected chi connectivity index (χ4v) is 1.25. The zero-order valence-electron chi connectivity index (χ0n) is 9.04. The van der Waals surface area contributed by atoms with Gasteiger partial charge in [-0.3, -0.25) is 9.59 Å². The van der Waals surface area contributed by atoms with Crippen LogP contribution in [0.1, 0.15) is 23.7 Å². The maximum atomic E-state index is 13.2. The van der Waals surface area contributed by atoms with Gasteiger partial charge in [-0.15, -0.1) is 0 Å². The molecule has 7 heteroatoms. The number of nitrogens with two attached hydrogens (primary N) is 1. The van der Waals surface area contributed by atoms with Crippen LogP contribution in [0.3, 0.4) is 0 Å². The quantitative estimate of drug-likeness (QED) is 0.748. The van der Waals surface area contributed by atoms with Crippen molar-refractivity contribution in [2.45, 2.75) is 19.4 Å². The Morgan fingerprint density at radius 1 is 1.53 bits per heavy atom. The summed E-state index contributed by atoms with van der Waals surface area (Å²) < 4.78 is 25.9. The van der Waals surface area contributed by atoms with Gasteiger partial charge < -0.3 is 11.1 Å². The summed E-state index contributed by atoms with van der Waals surface area (Å²) in [6.45, 7) is 1.53. The van der Waals surface area contributed by atoms with Crippen molar-refractivity contribution in [2.75, 3.05) is 0 Å². The normalized spacial score (nSPS) is 11.9. The fourth-order valence-electron chi connectivity index (χ4n) is 1.25. The van der Waals surface area contributed by atoms with E-state index < -0.39 is 35.2 Å². The first-order valence-corrected chi connectivity index (χ1v) is 4.81. The van der Waals surface area contributed by atoms with E-state index in [-0.39, 0.29) is 6.42 Å². The highest BCUT2D eigenvalue weighted by Gasteiger charge is 2.18. The number of primary amides is 1. The molecule has 0 saturated heterocycles. The van der Waals surface area contributed by atoms with Crippen molar-refractivity contribution < 1.29 is 18.4 Å². The first-order chi connectivity index (χ1) is 7.91. The van der Waals surface area contributed by atoms with Crippen molar-refractivity contribution in [3.63, 3.8) is 0 Å². The molecule has 0 spiro atoms. The molecule has 1 aromatic rings. The van der Waals surface area contributed by atoms with Crippen LogP contribution in [0, 0.1) is 11.8 Å². The molecule has 1 atom stereocenters. The summed E-state index contributed by atoms with van der Waals surface area (Å²) in [7, 11) is 0. The van der Waals surface area contributed by atoms with Gasteiger partial charge in [-0.1, -0.05) is 0 Å². The molecule has 1 aromatic heterocycles. The lowest BCUT2D eigenvalue weighted by atomic mass is 10.2. The number of hydrogen-bond donors (Lipinski definition) is 2. The predicted octanol–water partition coefficient (Wildman–Crippen LogP) is 0.353. The summed E-state index contributed by atoms with van der Waals surface area (Å²) in [6.07, 6.45) is 0.896. The molecule has 0 aliphatic rings. The molecule has 5 nitrogen and oxygen atoms in total. The standard InChI is InChI=1S/C10H11F2N3O2/c1-5(4-7(13)16)15-10(17)6-2-3-14-9(12)8(6)11/h2-3,5H,4H2,1H3,(H2,13,16)(H,15,17). The minimum Gasteiger partial charge on any atom is -0.370 e. The molecule has 1 heterocycles. The molecule has 2 amide bonds. The molecule has 1 unspecified atom stereocenters. The highest BCUT2D eigenvalue weighted by atomic mass is 19.2. The van der Waals surface area contributed by atoms with Crippen molar-refractivity contribution >= 4 is 11.8 Å². The van der Waals surface area contributed by atoms with Crippen molar-refractivity contribution in [1.82, 2.24) is 10.3 Å². The Bertz CT molecular complexity index is 451. The number of halogens is 2. The number of carbonyl (C=O) groups excluding carboxylic acids is 2. The van der Waals surface area contributed by atoms with Crippen LogP contribution in [0.15, 0.2) is 12.3 Å². The lowest BCUT2D eigenvalue weighted by Gasteiger charge is -2.12. The van der Waals surface area contributed by atoms with E-state index in [9.17, 15) is 18.4 Å². The Morgan fingerprint density at radius 2 is 2.18 bits per heavy atom. The molecule has 3 N–H and O–H groups in total. The van der Waals surface area contributed by atoms with Crippen LogP contribution in [0.5, 0.6) is 0 Å². The average Bonchev–Trinajstić information content (AvgIpc) is 2.20. The number of hydrogen-bond acceptors (Lipinski definition) is 3. The van der Waals surface area contributed by atoms with Gasteiger partial charge in [0, 0.05) is 18.7 Å². The number of carbonyl (C=O) groups is 2. The number of nitrogens with one attached hydrogen (secondary N) is 1. The van der Waals surface area contributed by atoms with Gasteiger partial charge in [0.1, 0.15) is 0 Å². The Kier molecular flexibility index (Phi) is 4.08. The van der Waals surface area contributed by atoms with E-state index >= 15 is 0 Å². The third kappa shape index (κ3) is 3.47. The summed E-state index contributed by atoms with van der Waals surface area (Å²) in [5.41, 5.74) is 4.46. The van der Waals surface area contributed by atoms with Crippen molar-refractivity contribution in [2.24, 2.45) is 5.73 Å². The van der Waals surface area contributed by atoms with Crippen molar-refractivity contribution in [1.29, 1.82) is 0 Å². The number of aromatic nitrogens is 1. The molecule has 0 fully saturated rings. The van der Waals surface area contributed by atoms with Gasteiger partial charge in [-0.2, -0.15) is 4.39 Å².